The third-order valence-corrected chi connectivity index (χ3v) is 6.56. The van der Waals surface area contributed by atoms with E-state index in [1.807, 2.05) is 78.9 Å². The number of hydrogen-bond donors (Lipinski definition) is 1. The van der Waals surface area contributed by atoms with Crippen molar-refractivity contribution >= 4 is 52.1 Å². The van der Waals surface area contributed by atoms with Crippen molar-refractivity contribution in [3.63, 3.8) is 0 Å². The smallest absolute Gasteiger partial charge is 0.323 e. The van der Waals surface area contributed by atoms with E-state index in [9.17, 15) is 9.90 Å². The zero-order valence-electron chi connectivity index (χ0n) is 19.8. The lowest BCUT2D eigenvalue weighted by Crippen LogP contribution is -2.08. The lowest BCUT2D eigenvalue weighted by atomic mass is 10.1. The number of carboxylic acids is 1. The molecule has 0 radical (unpaired) electrons. The number of halogens is 2. The van der Waals surface area contributed by atoms with Gasteiger partial charge in [-0.2, -0.15) is 0 Å². The molecule has 6 heteroatoms. The van der Waals surface area contributed by atoms with E-state index in [1.165, 1.54) is 0 Å². The first-order chi connectivity index (χ1) is 17.9. The summed E-state index contributed by atoms with van der Waals surface area (Å²) in [5.41, 5.74) is 4.50. The lowest BCUT2D eigenvalue weighted by Gasteiger charge is -2.08. The fourth-order valence-corrected chi connectivity index (χ4v) is 4.70. The highest BCUT2D eigenvalue weighted by Gasteiger charge is 2.11. The first-order valence-corrected chi connectivity index (χ1v) is 12.5. The van der Waals surface area contributed by atoms with Gasteiger partial charge in [-0.25, -0.2) is 0 Å². The molecule has 0 aliphatic carbocycles. The fourth-order valence-electron chi connectivity index (χ4n) is 4.18. The molecule has 0 amide bonds. The van der Waals surface area contributed by atoms with Gasteiger partial charge in [-0.05, 0) is 64.4 Å². The van der Waals surface area contributed by atoms with Gasteiger partial charge in [0.05, 0.1) is 0 Å². The molecule has 0 saturated heterocycles. The van der Waals surface area contributed by atoms with Gasteiger partial charge in [-0.15, -0.1) is 0 Å². The van der Waals surface area contributed by atoms with E-state index in [0.29, 0.717) is 16.7 Å². The van der Waals surface area contributed by atoms with Crippen molar-refractivity contribution in [2.75, 3.05) is 0 Å². The van der Waals surface area contributed by atoms with Gasteiger partial charge in [0.15, 0.2) is 0 Å². The van der Waals surface area contributed by atoms with Crippen molar-refractivity contribution in [2.45, 2.75) is 13.2 Å². The Morgan fingerprint density at radius 2 is 1.65 bits per heavy atom. The molecule has 0 saturated carbocycles. The number of aromatic nitrogens is 1. The quantitative estimate of drug-likeness (QED) is 0.220. The number of fused-ring (bicyclic) bond motifs is 1. The lowest BCUT2D eigenvalue weighted by molar-refractivity contribution is -0.137. The van der Waals surface area contributed by atoms with Crippen molar-refractivity contribution < 1.29 is 14.6 Å². The molecule has 0 aliphatic heterocycles. The molecule has 37 heavy (non-hydrogen) atoms. The maximum atomic E-state index is 11.5. The van der Waals surface area contributed by atoms with Crippen LogP contribution in [0.25, 0.3) is 34.1 Å². The molecule has 4 aromatic carbocycles. The molecule has 4 nitrogen and oxygen atoms in total. The van der Waals surface area contributed by atoms with E-state index >= 15 is 0 Å². The summed E-state index contributed by atoms with van der Waals surface area (Å²) in [6.45, 7) is 0.362. The number of aliphatic carboxylic acids is 1. The summed E-state index contributed by atoms with van der Waals surface area (Å²) in [7, 11) is 0. The SMILES string of the molecule is O=C(O)Cn1cc(-c2ccc(Cl)cc2Cl)cc1/C=C/c1ccc2cc(OCc3ccccc3)ccc2c1. The summed E-state index contributed by atoms with van der Waals surface area (Å²) in [5.74, 6) is -0.102. The van der Waals surface area contributed by atoms with Crippen LogP contribution in [-0.4, -0.2) is 15.6 Å². The van der Waals surface area contributed by atoms with Crippen LogP contribution >= 0.6 is 23.2 Å². The molecular weight excluding hydrogens is 505 g/mol. The van der Waals surface area contributed by atoms with Crippen molar-refractivity contribution in [1.82, 2.24) is 4.57 Å². The van der Waals surface area contributed by atoms with Crippen LogP contribution in [0.5, 0.6) is 5.75 Å². The molecule has 0 fully saturated rings. The Morgan fingerprint density at radius 1 is 0.865 bits per heavy atom. The van der Waals surface area contributed by atoms with Crippen molar-refractivity contribution in [2.24, 2.45) is 0 Å². The molecule has 0 unspecified atom stereocenters. The maximum absolute atomic E-state index is 11.5. The first kappa shape index (κ1) is 24.7. The van der Waals surface area contributed by atoms with Gasteiger partial charge in [0.1, 0.15) is 18.9 Å². The molecule has 1 heterocycles. The van der Waals surface area contributed by atoms with Crippen LogP contribution in [0.2, 0.25) is 10.0 Å². The van der Waals surface area contributed by atoms with Gasteiger partial charge in [0.2, 0.25) is 0 Å². The molecule has 184 valence electrons. The van der Waals surface area contributed by atoms with E-state index in [2.05, 4.69) is 12.1 Å². The number of carbonyl (C=O) groups is 1. The molecule has 0 atom stereocenters. The molecule has 0 aliphatic rings. The number of carboxylic acid groups (broad SMARTS) is 1. The van der Waals surface area contributed by atoms with Crippen LogP contribution in [0.4, 0.5) is 0 Å². The van der Waals surface area contributed by atoms with Gasteiger partial charge in [0, 0.05) is 33.1 Å². The van der Waals surface area contributed by atoms with E-state index in [4.69, 9.17) is 27.9 Å². The molecule has 1 N–H and O–H groups in total. The topological polar surface area (TPSA) is 51.5 Å². The van der Waals surface area contributed by atoms with Crippen LogP contribution in [-0.2, 0) is 17.9 Å². The van der Waals surface area contributed by atoms with Crippen LogP contribution < -0.4 is 4.74 Å². The normalized spacial score (nSPS) is 11.3. The summed E-state index contributed by atoms with van der Waals surface area (Å²) in [6.07, 6.45) is 5.68. The highest BCUT2D eigenvalue weighted by molar-refractivity contribution is 6.36. The Balaban J connectivity index is 1.37. The van der Waals surface area contributed by atoms with Crippen LogP contribution in [0.15, 0.2) is 97.2 Å². The minimum absolute atomic E-state index is 0.158. The number of nitrogens with zero attached hydrogens (tertiary/aromatic N) is 1. The predicted octanol–water partition coefficient (Wildman–Crippen LogP) is 8.45. The summed E-state index contributed by atoms with van der Waals surface area (Å²) >= 11 is 12.4. The second-order valence-corrected chi connectivity index (χ2v) is 9.52. The van der Waals surface area contributed by atoms with E-state index in [0.717, 1.165) is 44.5 Å². The fraction of sp³-hybridized carbons (Fsp3) is 0.0645. The Kier molecular flexibility index (Phi) is 7.31. The highest BCUT2D eigenvalue weighted by atomic mass is 35.5. The third kappa shape index (κ3) is 6.05. The maximum Gasteiger partial charge on any atom is 0.323 e. The standard InChI is InChI=1S/C31H23Cl2NO3/c32-26-10-13-29(30(33)17-26)25-15-27(34(18-25)19-31(35)36)11-7-21-6-8-24-16-28(12-9-23(24)14-21)37-20-22-4-2-1-3-5-22/h1-18H,19-20H2,(H,35,36)/b11-7+. The molecule has 0 spiro atoms. The van der Waals surface area contributed by atoms with Crippen LogP contribution in [0, 0.1) is 0 Å². The zero-order valence-corrected chi connectivity index (χ0v) is 21.3. The number of rotatable bonds is 8. The molecule has 0 bridgehead atoms. The Hall–Kier alpha value is -3.99. The Bertz CT molecular complexity index is 1610. The second kappa shape index (κ2) is 11.0. The van der Waals surface area contributed by atoms with Crippen molar-refractivity contribution in [3.05, 3.63) is 124 Å². The summed E-state index contributed by atoms with van der Waals surface area (Å²) in [4.78, 5) is 11.5. The number of hydrogen-bond acceptors (Lipinski definition) is 2. The minimum Gasteiger partial charge on any atom is -0.489 e. The average molecular weight is 528 g/mol. The zero-order chi connectivity index (χ0) is 25.8. The molecule has 5 rings (SSSR count). The third-order valence-electron chi connectivity index (χ3n) is 6.01. The average Bonchev–Trinajstić information content (AvgIpc) is 3.28. The molecule has 1 aromatic heterocycles. The van der Waals surface area contributed by atoms with Gasteiger partial charge >= 0.3 is 5.97 Å². The van der Waals surface area contributed by atoms with E-state index in [1.54, 1.807) is 22.9 Å². The second-order valence-electron chi connectivity index (χ2n) is 8.68. The Morgan fingerprint density at radius 3 is 2.43 bits per heavy atom. The van der Waals surface area contributed by atoms with Crippen LogP contribution in [0.1, 0.15) is 16.8 Å². The highest BCUT2D eigenvalue weighted by Crippen LogP contribution is 2.32. The molecule has 5 aromatic rings. The largest absolute Gasteiger partial charge is 0.489 e. The minimum atomic E-state index is -0.921. The number of benzene rings is 4. The summed E-state index contributed by atoms with van der Waals surface area (Å²) < 4.78 is 7.64. The van der Waals surface area contributed by atoms with Gasteiger partial charge in [-0.1, -0.05) is 83.9 Å². The van der Waals surface area contributed by atoms with Gasteiger partial charge in [-0.3, -0.25) is 4.79 Å². The van der Waals surface area contributed by atoms with Gasteiger partial charge in [0.25, 0.3) is 0 Å². The predicted molar refractivity (Wildman–Crippen MR) is 151 cm³/mol. The van der Waals surface area contributed by atoms with Gasteiger partial charge < -0.3 is 14.4 Å². The van der Waals surface area contributed by atoms with Crippen molar-refractivity contribution in [3.8, 4) is 16.9 Å². The first-order valence-electron chi connectivity index (χ1n) is 11.7. The Labute approximate surface area is 225 Å². The number of ether oxygens (including phenoxy) is 1. The van der Waals surface area contributed by atoms with E-state index < -0.39 is 5.97 Å². The summed E-state index contributed by atoms with van der Waals surface area (Å²) in [5, 5.41) is 12.6. The van der Waals surface area contributed by atoms with Crippen molar-refractivity contribution in [1.29, 1.82) is 0 Å². The monoisotopic (exact) mass is 527 g/mol. The summed E-state index contributed by atoms with van der Waals surface area (Å²) in [6, 6.07) is 29.5. The molecular formula is C31H23Cl2NO3. The van der Waals surface area contributed by atoms with Crippen LogP contribution in [0.3, 0.4) is 0 Å². The van der Waals surface area contributed by atoms with E-state index in [-0.39, 0.29) is 6.54 Å².